The molecule has 0 spiro atoms. The van der Waals surface area contributed by atoms with Crippen molar-refractivity contribution in [2.24, 2.45) is 7.05 Å². The van der Waals surface area contributed by atoms with Crippen LogP contribution in [0.1, 0.15) is 30.7 Å². The lowest BCUT2D eigenvalue weighted by molar-refractivity contribution is 0.307. The highest BCUT2D eigenvalue weighted by Crippen LogP contribution is 2.19. The van der Waals surface area contributed by atoms with Crippen molar-refractivity contribution in [2.45, 2.75) is 50.3 Å². The first-order valence-electron chi connectivity index (χ1n) is 9.75. The second-order valence-corrected chi connectivity index (χ2v) is 10.1. The summed E-state index contributed by atoms with van der Waals surface area (Å²) >= 11 is 0. The second kappa shape index (κ2) is 8.92. The second-order valence-electron chi connectivity index (χ2n) is 7.71. The van der Waals surface area contributed by atoms with Gasteiger partial charge in [0.2, 0.25) is 15.0 Å². The number of aromatic nitrogens is 4. The summed E-state index contributed by atoms with van der Waals surface area (Å²) in [4.78, 5) is 6.46. The molecule has 0 atom stereocenters. The molecule has 7 nitrogen and oxygen atoms in total. The molecule has 3 aromatic rings. The molecule has 0 fully saturated rings. The topological polar surface area (TPSA) is 73.0 Å². The molecule has 2 aromatic heterocycles. The Kier molecular flexibility index (Phi) is 6.54. The molecule has 2 heterocycles. The predicted molar refractivity (Wildman–Crippen MR) is 113 cm³/mol. The fraction of sp³-hybridized carbons (Fsp3) is 0.429. The first kappa shape index (κ1) is 21.3. The quantitative estimate of drug-likeness (QED) is 0.537. The van der Waals surface area contributed by atoms with Gasteiger partial charge in [-0.15, -0.1) is 0 Å². The smallest absolute Gasteiger partial charge is 0.228 e. The highest BCUT2D eigenvalue weighted by atomic mass is 32.2. The first-order valence-corrected chi connectivity index (χ1v) is 11.3. The van der Waals surface area contributed by atoms with Crippen molar-refractivity contribution in [1.29, 1.82) is 0 Å². The molecular weight excluding hydrogens is 386 g/mol. The van der Waals surface area contributed by atoms with E-state index in [1.54, 1.807) is 24.7 Å². The number of imidazole rings is 1. The Morgan fingerprint density at radius 3 is 2.41 bits per heavy atom. The van der Waals surface area contributed by atoms with E-state index in [1.165, 1.54) is 5.56 Å². The van der Waals surface area contributed by atoms with Crippen LogP contribution < -0.4 is 0 Å². The Balaban J connectivity index is 1.84. The molecule has 0 radical (unpaired) electrons. The summed E-state index contributed by atoms with van der Waals surface area (Å²) in [6.45, 7) is 5.29. The lowest BCUT2D eigenvalue weighted by Crippen LogP contribution is -2.23. The standard InChI is InChI=1S/C21H29N5O2S/c1-17(2)29(27,28)21-22-13-20(16-24(3)14-19-12-23-25(4)15-19)26(21)11-10-18-8-6-5-7-9-18/h5-9,12-13,15,17H,10-11,14,16H2,1-4H3. The van der Waals surface area contributed by atoms with E-state index in [-0.39, 0.29) is 5.16 Å². The van der Waals surface area contributed by atoms with E-state index in [9.17, 15) is 8.42 Å². The zero-order valence-corrected chi connectivity index (χ0v) is 18.3. The zero-order valence-electron chi connectivity index (χ0n) is 17.5. The van der Waals surface area contributed by atoms with Crippen molar-refractivity contribution in [2.75, 3.05) is 7.05 Å². The average molecular weight is 416 g/mol. The summed E-state index contributed by atoms with van der Waals surface area (Å²) in [7, 11) is 0.444. The minimum atomic E-state index is -3.46. The fourth-order valence-electron chi connectivity index (χ4n) is 3.28. The molecule has 0 amide bonds. The SMILES string of the molecule is CC(C)S(=O)(=O)c1ncc(CN(C)Cc2cnn(C)c2)n1CCc1ccccc1. The van der Waals surface area contributed by atoms with Crippen molar-refractivity contribution in [3.63, 3.8) is 0 Å². The Hall–Kier alpha value is -2.45. The maximum atomic E-state index is 12.8. The van der Waals surface area contributed by atoms with Gasteiger partial charge in [-0.3, -0.25) is 9.58 Å². The summed E-state index contributed by atoms with van der Waals surface area (Å²) in [6.07, 6.45) is 6.27. The van der Waals surface area contributed by atoms with Gasteiger partial charge in [0, 0.05) is 38.4 Å². The highest BCUT2D eigenvalue weighted by Gasteiger charge is 2.26. The van der Waals surface area contributed by atoms with Gasteiger partial charge in [0.05, 0.1) is 23.3 Å². The van der Waals surface area contributed by atoms with Crippen molar-refractivity contribution < 1.29 is 8.42 Å². The largest absolute Gasteiger partial charge is 0.317 e. The predicted octanol–water partition coefficient (Wildman–Crippen LogP) is 2.67. The van der Waals surface area contributed by atoms with Crippen LogP contribution in [0, 0.1) is 0 Å². The molecule has 1 aromatic carbocycles. The van der Waals surface area contributed by atoms with Gasteiger partial charge >= 0.3 is 0 Å². The summed E-state index contributed by atoms with van der Waals surface area (Å²) in [5.41, 5.74) is 3.18. The molecule has 0 aliphatic rings. The maximum Gasteiger partial charge on any atom is 0.228 e. The van der Waals surface area contributed by atoms with Crippen LogP contribution in [-0.4, -0.2) is 44.9 Å². The summed E-state index contributed by atoms with van der Waals surface area (Å²) in [6, 6.07) is 10.1. The molecule has 0 aliphatic carbocycles. The zero-order chi connectivity index (χ0) is 21.0. The normalized spacial score (nSPS) is 12.2. The van der Waals surface area contributed by atoms with E-state index >= 15 is 0 Å². The molecular formula is C21H29N5O2S. The molecule has 8 heteroatoms. The highest BCUT2D eigenvalue weighted by molar-refractivity contribution is 7.91. The third-order valence-electron chi connectivity index (χ3n) is 4.89. The maximum absolute atomic E-state index is 12.8. The van der Waals surface area contributed by atoms with Crippen LogP contribution in [0.4, 0.5) is 0 Å². The van der Waals surface area contributed by atoms with Crippen LogP contribution in [-0.2, 0) is 42.9 Å². The third-order valence-corrected chi connectivity index (χ3v) is 6.96. The number of aryl methyl sites for hydroxylation is 2. The van der Waals surface area contributed by atoms with Crippen molar-refractivity contribution in [1.82, 2.24) is 24.2 Å². The average Bonchev–Trinajstić information content (AvgIpc) is 3.27. The van der Waals surface area contributed by atoms with Crippen LogP contribution in [0.25, 0.3) is 0 Å². The van der Waals surface area contributed by atoms with Crippen molar-refractivity contribution >= 4 is 9.84 Å². The lowest BCUT2D eigenvalue weighted by atomic mass is 10.1. The van der Waals surface area contributed by atoms with Crippen LogP contribution in [0.3, 0.4) is 0 Å². The summed E-state index contributed by atoms with van der Waals surface area (Å²) < 4.78 is 29.3. The van der Waals surface area contributed by atoms with Gasteiger partial charge in [0.25, 0.3) is 0 Å². The molecule has 0 bridgehead atoms. The lowest BCUT2D eigenvalue weighted by Gasteiger charge is -2.18. The third kappa shape index (κ3) is 5.13. The van der Waals surface area contributed by atoms with Gasteiger partial charge in [0.15, 0.2) is 0 Å². The molecule has 0 saturated heterocycles. The monoisotopic (exact) mass is 415 g/mol. The molecule has 0 unspecified atom stereocenters. The first-order chi connectivity index (χ1) is 13.8. The Labute approximate surface area is 172 Å². The van der Waals surface area contributed by atoms with Gasteiger partial charge in [-0.2, -0.15) is 5.10 Å². The van der Waals surface area contributed by atoms with E-state index in [2.05, 4.69) is 27.1 Å². The van der Waals surface area contributed by atoms with Gasteiger partial charge in [-0.25, -0.2) is 13.4 Å². The molecule has 0 aliphatic heterocycles. The molecule has 0 N–H and O–H groups in total. The number of sulfone groups is 1. The minimum absolute atomic E-state index is 0.160. The van der Waals surface area contributed by atoms with Crippen molar-refractivity contribution in [3.8, 4) is 0 Å². The number of nitrogens with zero attached hydrogens (tertiary/aromatic N) is 5. The van der Waals surface area contributed by atoms with Gasteiger partial charge in [0.1, 0.15) is 0 Å². The van der Waals surface area contributed by atoms with Crippen LogP contribution in [0.15, 0.2) is 54.1 Å². The van der Waals surface area contributed by atoms with E-state index in [0.29, 0.717) is 13.1 Å². The summed E-state index contributed by atoms with van der Waals surface area (Å²) in [5, 5.41) is 3.85. The fourth-order valence-corrected chi connectivity index (χ4v) is 4.42. The number of benzene rings is 1. The van der Waals surface area contributed by atoms with Gasteiger partial charge < -0.3 is 4.57 Å². The molecule has 0 saturated carbocycles. The molecule has 156 valence electrons. The molecule has 29 heavy (non-hydrogen) atoms. The van der Waals surface area contributed by atoms with E-state index < -0.39 is 15.1 Å². The van der Waals surface area contributed by atoms with Crippen molar-refractivity contribution in [3.05, 3.63) is 65.7 Å². The number of hydrogen-bond donors (Lipinski definition) is 0. The van der Waals surface area contributed by atoms with Gasteiger partial charge in [-0.1, -0.05) is 30.3 Å². The summed E-state index contributed by atoms with van der Waals surface area (Å²) in [5.74, 6) is 0. The number of hydrogen-bond acceptors (Lipinski definition) is 5. The Bertz CT molecular complexity index is 1040. The number of rotatable bonds is 9. The Morgan fingerprint density at radius 2 is 1.79 bits per heavy atom. The van der Waals surface area contributed by atoms with Crippen LogP contribution in [0.2, 0.25) is 0 Å². The minimum Gasteiger partial charge on any atom is -0.317 e. The van der Waals surface area contributed by atoms with Gasteiger partial charge in [-0.05, 0) is 32.9 Å². The van der Waals surface area contributed by atoms with Crippen LogP contribution >= 0.6 is 0 Å². The van der Waals surface area contributed by atoms with E-state index in [0.717, 1.165) is 24.2 Å². The Morgan fingerprint density at radius 1 is 1.07 bits per heavy atom. The van der Waals surface area contributed by atoms with E-state index in [1.807, 2.05) is 49.3 Å². The van der Waals surface area contributed by atoms with E-state index in [4.69, 9.17) is 0 Å². The molecule has 3 rings (SSSR count). The van der Waals surface area contributed by atoms with Crippen LogP contribution in [0.5, 0.6) is 0 Å².